The Labute approximate surface area is 198 Å². The van der Waals surface area contributed by atoms with Gasteiger partial charge >= 0.3 is 10.1 Å². The summed E-state index contributed by atoms with van der Waals surface area (Å²) in [5.41, 5.74) is 2.35. The van der Waals surface area contributed by atoms with E-state index in [0.29, 0.717) is 12.1 Å². The van der Waals surface area contributed by atoms with Crippen LogP contribution in [0.5, 0.6) is 5.75 Å². The van der Waals surface area contributed by atoms with Crippen LogP contribution in [0.1, 0.15) is 23.6 Å². The van der Waals surface area contributed by atoms with Gasteiger partial charge in [0, 0.05) is 16.3 Å². The van der Waals surface area contributed by atoms with E-state index < -0.39 is 16.0 Å². The zero-order chi connectivity index (χ0) is 24.0. The molecule has 0 heterocycles. The number of nitrogens with zero attached hydrogens (tertiary/aromatic N) is 1. The number of hydrogen-bond donors (Lipinski definition) is 1. The van der Waals surface area contributed by atoms with Gasteiger partial charge in [-0.2, -0.15) is 13.7 Å². The summed E-state index contributed by atoms with van der Waals surface area (Å²) in [6.07, 6.45) is 1.95. The third-order valence-corrected chi connectivity index (χ3v) is 6.28. The van der Waals surface area contributed by atoms with Crippen LogP contribution in [-0.2, 0) is 21.3 Å². The zero-order valence-electron chi connectivity index (χ0n) is 18.0. The summed E-state index contributed by atoms with van der Waals surface area (Å²) in [6.45, 7) is 3.79. The summed E-state index contributed by atoms with van der Waals surface area (Å²) in [6, 6.07) is 19.6. The minimum atomic E-state index is -4.14. The predicted octanol–water partition coefficient (Wildman–Crippen LogP) is 5.52. The molecule has 0 aliphatic rings. The van der Waals surface area contributed by atoms with Gasteiger partial charge in [-0.15, -0.1) is 0 Å². The lowest BCUT2D eigenvalue weighted by atomic mass is 10.1. The van der Waals surface area contributed by atoms with Gasteiger partial charge in [0.25, 0.3) is 5.91 Å². The Bertz CT molecular complexity index is 1360. The number of amides is 1. The molecule has 0 aliphatic carbocycles. The van der Waals surface area contributed by atoms with Crippen molar-refractivity contribution < 1.29 is 17.4 Å². The van der Waals surface area contributed by atoms with Crippen LogP contribution in [0.2, 0.25) is 5.02 Å². The van der Waals surface area contributed by atoms with E-state index >= 15 is 0 Å². The minimum absolute atomic E-state index is 0.0209. The number of anilines is 1. The van der Waals surface area contributed by atoms with Gasteiger partial charge in [-0.25, -0.2) is 0 Å². The lowest BCUT2D eigenvalue weighted by molar-refractivity contribution is -0.112. The highest BCUT2D eigenvalue weighted by atomic mass is 35.5. The molecular weight excluding hydrogens is 460 g/mol. The third-order valence-electron chi connectivity index (χ3n) is 4.79. The molecule has 168 valence electrons. The van der Waals surface area contributed by atoms with Crippen LogP contribution in [-0.4, -0.2) is 14.3 Å². The van der Waals surface area contributed by atoms with Crippen LogP contribution >= 0.6 is 11.6 Å². The Morgan fingerprint density at radius 3 is 2.48 bits per heavy atom. The number of rotatable bonds is 7. The van der Waals surface area contributed by atoms with E-state index in [1.165, 1.54) is 36.4 Å². The van der Waals surface area contributed by atoms with Crippen molar-refractivity contribution >= 4 is 39.4 Å². The molecule has 0 saturated carbocycles. The normalized spacial score (nSPS) is 11.5. The molecule has 0 aliphatic heterocycles. The summed E-state index contributed by atoms with van der Waals surface area (Å²) < 4.78 is 30.8. The lowest BCUT2D eigenvalue weighted by Crippen LogP contribution is -2.15. The quantitative estimate of drug-likeness (QED) is 0.272. The van der Waals surface area contributed by atoms with Crippen LogP contribution in [0.4, 0.5) is 5.69 Å². The average Bonchev–Trinajstić information content (AvgIpc) is 2.79. The zero-order valence-corrected chi connectivity index (χ0v) is 19.6. The summed E-state index contributed by atoms with van der Waals surface area (Å²) in [5.74, 6) is -0.694. The molecule has 0 atom stereocenters. The molecule has 8 heteroatoms. The SMILES string of the molecule is CCc1ccccc1NC(=O)/C(C#N)=C/c1cc(Cl)ccc1OS(=O)(=O)c1ccc(C)cc1. The van der Waals surface area contributed by atoms with Crippen LogP contribution in [0.25, 0.3) is 6.08 Å². The number of benzene rings is 3. The highest BCUT2D eigenvalue weighted by Crippen LogP contribution is 2.29. The van der Waals surface area contributed by atoms with Crippen molar-refractivity contribution in [3.8, 4) is 11.8 Å². The number of aryl methyl sites for hydroxylation is 2. The molecule has 0 aromatic heterocycles. The fourth-order valence-corrected chi connectivity index (χ4v) is 4.16. The molecule has 3 rings (SSSR count). The number of carbonyl (C=O) groups excluding carboxylic acids is 1. The largest absolute Gasteiger partial charge is 0.378 e. The van der Waals surface area contributed by atoms with Crippen molar-refractivity contribution in [2.24, 2.45) is 0 Å². The van der Waals surface area contributed by atoms with Crippen molar-refractivity contribution in [1.82, 2.24) is 0 Å². The molecule has 1 amide bonds. The van der Waals surface area contributed by atoms with Gasteiger partial charge in [-0.1, -0.05) is 54.4 Å². The fourth-order valence-electron chi connectivity index (χ4n) is 3.02. The maximum Gasteiger partial charge on any atom is 0.339 e. The number of halogens is 1. The number of carbonyl (C=O) groups is 1. The second kappa shape index (κ2) is 10.3. The van der Waals surface area contributed by atoms with E-state index in [1.54, 1.807) is 24.3 Å². The summed E-state index contributed by atoms with van der Waals surface area (Å²) >= 11 is 6.08. The molecular formula is C25H21ClN2O4S. The van der Waals surface area contributed by atoms with Gasteiger partial charge in [-0.05, 0) is 61.4 Å². The van der Waals surface area contributed by atoms with Crippen molar-refractivity contribution in [2.45, 2.75) is 25.2 Å². The molecule has 0 radical (unpaired) electrons. The maximum absolute atomic E-state index is 12.8. The second-order valence-electron chi connectivity index (χ2n) is 7.17. The van der Waals surface area contributed by atoms with Gasteiger partial charge < -0.3 is 9.50 Å². The second-order valence-corrected chi connectivity index (χ2v) is 9.15. The number of para-hydroxylation sites is 1. The summed E-state index contributed by atoms with van der Waals surface area (Å²) in [4.78, 5) is 12.7. The highest BCUT2D eigenvalue weighted by molar-refractivity contribution is 7.87. The van der Waals surface area contributed by atoms with Crippen molar-refractivity contribution in [3.63, 3.8) is 0 Å². The first-order valence-electron chi connectivity index (χ1n) is 10.0. The third kappa shape index (κ3) is 6.01. The Morgan fingerprint density at radius 2 is 1.82 bits per heavy atom. The van der Waals surface area contributed by atoms with Gasteiger partial charge in [-0.3, -0.25) is 4.79 Å². The molecule has 0 bridgehead atoms. The topological polar surface area (TPSA) is 96.3 Å². The Hall–Kier alpha value is -3.60. The van der Waals surface area contributed by atoms with E-state index in [-0.39, 0.29) is 26.8 Å². The number of nitrogens with one attached hydrogen (secondary N) is 1. The minimum Gasteiger partial charge on any atom is -0.378 e. The lowest BCUT2D eigenvalue weighted by Gasteiger charge is -2.11. The summed E-state index contributed by atoms with van der Waals surface area (Å²) in [7, 11) is -4.14. The Morgan fingerprint density at radius 1 is 1.12 bits per heavy atom. The van der Waals surface area contributed by atoms with E-state index in [2.05, 4.69) is 5.32 Å². The molecule has 1 N–H and O–H groups in total. The highest BCUT2D eigenvalue weighted by Gasteiger charge is 2.19. The maximum atomic E-state index is 12.8. The van der Waals surface area contributed by atoms with Crippen LogP contribution in [0.3, 0.4) is 0 Å². The Kier molecular flexibility index (Phi) is 7.54. The first kappa shape index (κ1) is 24.1. The summed E-state index contributed by atoms with van der Waals surface area (Å²) in [5, 5.41) is 12.6. The van der Waals surface area contributed by atoms with Crippen molar-refractivity contribution in [2.75, 3.05) is 5.32 Å². The molecule has 3 aromatic carbocycles. The first-order chi connectivity index (χ1) is 15.7. The molecule has 3 aromatic rings. The van der Waals surface area contributed by atoms with Crippen molar-refractivity contribution in [1.29, 1.82) is 5.26 Å². The fraction of sp³-hybridized carbons (Fsp3) is 0.120. The van der Waals surface area contributed by atoms with Crippen LogP contribution in [0, 0.1) is 18.3 Å². The van der Waals surface area contributed by atoms with E-state index in [0.717, 1.165) is 11.1 Å². The van der Waals surface area contributed by atoms with Gasteiger partial charge in [0.15, 0.2) is 0 Å². The van der Waals surface area contributed by atoms with E-state index in [1.807, 2.05) is 32.0 Å². The van der Waals surface area contributed by atoms with Crippen molar-refractivity contribution in [3.05, 3.63) is 94.0 Å². The molecule has 0 saturated heterocycles. The van der Waals surface area contributed by atoms with E-state index in [9.17, 15) is 18.5 Å². The van der Waals surface area contributed by atoms with Gasteiger partial charge in [0.2, 0.25) is 0 Å². The standard InChI is InChI=1S/C25H21ClN2O4S/c1-3-18-6-4-5-7-23(18)28-25(29)20(16-27)14-19-15-21(26)10-13-24(19)32-33(30,31)22-11-8-17(2)9-12-22/h4-15H,3H2,1-2H3,(H,28,29)/b20-14+. The molecule has 6 nitrogen and oxygen atoms in total. The Balaban J connectivity index is 1.95. The average molecular weight is 481 g/mol. The van der Waals surface area contributed by atoms with Crippen LogP contribution in [0.15, 0.2) is 77.2 Å². The molecule has 0 unspecified atom stereocenters. The number of hydrogen-bond acceptors (Lipinski definition) is 5. The number of nitriles is 1. The molecule has 0 fully saturated rings. The monoisotopic (exact) mass is 480 g/mol. The first-order valence-corrected chi connectivity index (χ1v) is 11.8. The smallest absolute Gasteiger partial charge is 0.339 e. The van der Waals surface area contributed by atoms with Gasteiger partial charge in [0.05, 0.1) is 0 Å². The van der Waals surface area contributed by atoms with E-state index in [4.69, 9.17) is 15.8 Å². The van der Waals surface area contributed by atoms with Crippen LogP contribution < -0.4 is 9.50 Å². The molecule has 0 spiro atoms. The predicted molar refractivity (Wildman–Crippen MR) is 128 cm³/mol. The van der Waals surface area contributed by atoms with Gasteiger partial charge in [0.1, 0.15) is 22.3 Å². The molecule has 33 heavy (non-hydrogen) atoms.